The Hall–Kier alpha value is -1.97. The van der Waals surface area contributed by atoms with Crippen LogP contribution in [0.5, 0.6) is 0 Å². The van der Waals surface area contributed by atoms with Gasteiger partial charge in [-0.15, -0.1) is 0 Å². The van der Waals surface area contributed by atoms with E-state index < -0.39 is 5.60 Å². The van der Waals surface area contributed by atoms with Crippen LogP contribution in [0.4, 0.5) is 0 Å². The van der Waals surface area contributed by atoms with Gasteiger partial charge in [0.05, 0.1) is 13.2 Å². The molecule has 0 fully saturated rings. The molecule has 2 rings (SSSR count). The van der Waals surface area contributed by atoms with Crippen LogP contribution in [0.25, 0.3) is 0 Å². The van der Waals surface area contributed by atoms with E-state index in [1.165, 1.54) is 13.8 Å². The van der Waals surface area contributed by atoms with Gasteiger partial charge in [-0.25, -0.2) is 0 Å². The monoisotopic (exact) mass is 284 g/mol. The molecule has 1 N–H and O–H groups in total. The first-order valence-corrected chi connectivity index (χ1v) is 6.94. The van der Waals surface area contributed by atoms with Crippen molar-refractivity contribution in [2.45, 2.75) is 32.7 Å². The molecule has 0 heterocycles. The van der Waals surface area contributed by atoms with E-state index in [1.807, 2.05) is 42.5 Å². The highest BCUT2D eigenvalue weighted by molar-refractivity contribution is 6.01. The molecule has 21 heavy (non-hydrogen) atoms. The highest BCUT2D eigenvalue weighted by atomic mass is 16.5. The molecule has 2 aromatic rings. The minimum absolute atomic E-state index is 0.278. The molecule has 0 atom stereocenters. The van der Waals surface area contributed by atoms with Gasteiger partial charge in [0.15, 0.2) is 5.78 Å². The fourth-order valence-electron chi connectivity index (χ4n) is 1.97. The second kappa shape index (κ2) is 6.66. The Bertz CT molecular complexity index is 580. The van der Waals surface area contributed by atoms with Crippen molar-refractivity contribution < 1.29 is 14.6 Å². The van der Waals surface area contributed by atoms with Crippen molar-refractivity contribution in [1.29, 1.82) is 0 Å². The SMILES string of the molecule is CC(C)(O)C(=O)c1ccc(COCc2ccccc2)cc1. The summed E-state index contributed by atoms with van der Waals surface area (Å²) < 4.78 is 5.64. The van der Waals surface area contributed by atoms with Crippen molar-refractivity contribution in [2.24, 2.45) is 0 Å². The summed E-state index contributed by atoms with van der Waals surface area (Å²) in [6, 6.07) is 17.1. The first-order chi connectivity index (χ1) is 9.97. The van der Waals surface area contributed by atoms with E-state index in [2.05, 4.69) is 0 Å². The maximum atomic E-state index is 11.9. The van der Waals surface area contributed by atoms with E-state index in [4.69, 9.17) is 4.74 Å². The van der Waals surface area contributed by atoms with Gasteiger partial charge in [-0.3, -0.25) is 4.79 Å². The average molecular weight is 284 g/mol. The van der Waals surface area contributed by atoms with Gasteiger partial charge >= 0.3 is 0 Å². The van der Waals surface area contributed by atoms with E-state index in [0.717, 1.165) is 11.1 Å². The molecular formula is C18H20O3. The highest BCUT2D eigenvalue weighted by Crippen LogP contribution is 2.14. The lowest BCUT2D eigenvalue weighted by atomic mass is 9.96. The molecule has 3 heteroatoms. The molecule has 0 saturated heterocycles. The Kier molecular flexibility index (Phi) is 4.89. The van der Waals surface area contributed by atoms with Crippen LogP contribution in [-0.2, 0) is 18.0 Å². The number of hydrogen-bond acceptors (Lipinski definition) is 3. The van der Waals surface area contributed by atoms with Crippen LogP contribution in [0, 0.1) is 0 Å². The number of hydrogen-bond donors (Lipinski definition) is 1. The molecule has 2 aromatic carbocycles. The van der Waals surface area contributed by atoms with Gasteiger partial charge in [0.1, 0.15) is 5.60 Å². The van der Waals surface area contributed by atoms with E-state index in [0.29, 0.717) is 18.8 Å². The fourth-order valence-corrected chi connectivity index (χ4v) is 1.97. The molecule has 3 nitrogen and oxygen atoms in total. The van der Waals surface area contributed by atoms with E-state index in [9.17, 15) is 9.90 Å². The first kappa shape index (κ1) is 15.4. The third-order valence-corrected chi connectivity index (χ3v) is 3.15. The van der Waals surface area contributed by atoms with Crippen LogP contribution >= 0.6 is 0 Å². The standard InChI is InChI=1S/C18H20O3/c1-18(2,20)17(19)16-10-8-15(9-11-16)13-21-12-14-6-4-3-5-7-14/h3-11,20H,12-13H2,1-2H3. The lowest BCUT2D eigenvalue weighted by Gasteiger charge is -2.15. The second-order valence-corrected chi connectivity index (χ2v) is 5.56. The minimum Gasteiger partial charge on any atom is -0.382 e. The Labute approximate surface area is 125 Å². The van der Waals surface area contributed by atoms with Crippen LogP contribution in [0.3, 0.4) is 0 Å². The fraction of sp³-hybridized carbons (Fsp3) is 0.278. The quantitative estimate of drug-likeness (QED) is 0.827. The van der Waals surface area contributed by atoms with Gasteiger partial charge in [0.2, 0.25) is 0 Å². The Morgan fingerprint density at radius 1 is 0.952 bits per heavy atom. The topological polar surface area (TPSA) is 46.5 Å². The summed E-state index contributed by atoms with van der Waals surface area (Å²) in [7, 11) is 0. The zero-order chi connectivity index (χ0) is 15.3. The molecule has 0 spiro atoms. The van der Waals surface area contributed by atoms with E-state index in [1.54, 1.807) is 12.1 Å². The summed E-state index contributed by atoms with van der Waals surface area (Å²) in [5.41, 5.74) is 1.30. The van der Waals surface area contributed by atoms with Crippen molar-refractivity contribution in [2.75, 3.05) is 0 Å². The maximum absolute atomic E-state index is 11.9. The largest absolute Gasteiger partial charge is 0.382 e. The van der Waals surface area contributed by atoms with E-state index >= 15 is 0 Å². The Balaban J connectivity index is 1.90. The van der Waals surface area contributed by atoms with Crippen molar-refractivity contribution in [1.82, 2.24) is 0 Å². The van der Waals surface area contributed by atoms with Crippen LogP contribution in [0.2, 0.25) is 0 Å². The summed E-state index contributed by atoms with van der Waals surface area (Å²) in [5.74, 6) is -0.278. The predicted octanol–water partition coefficient (Wildman–Crippen LogP) is 3.36. The molecule has 0 radical (unpaired) electrons. The number of rotatable bonds is 6. The molecule has 0 saturated carbocycles. The lowest BCUT2D eigenvalue weighted by molar-refractivity contribution is 0.0488. The zero-order valence-electron chi connectivity index (χ0n) is 12.4. The number of carbonyl (C=O) groups is 1. The minimum atomic E-state index is -1.34. The van der Waals surface area contributed by atoms with Crippen molar-refractivity contribution >= 4 is 5.78 Å². The van der Waals surface area contributed by atoms with Gasteiger partial charge in [0, 0.05) is 5.56 Å². The molecule has 110 valence electrons. The Morgan fingerprint density at radius 2 is 1.48 bits per heavy atom. The average Bonchev–Trinajstić information content (AvgIpc) is 2.47. The number of ether oxygens (including phenoxy) is 1. The van der Waals surface area contributed by atoms with Crippen LogP contribution in [0.1, 0.15) is 35.3 Å². The summed E-state index contributed by atoms with van der Waals surface area (Å²) in [6.07, 6.45) is 0. The molecular weight excluding hydrogens is 264 g/mol. The van der Waals surface area contributed by atoms with Crippen molar-refractivity contribution in [3.8, 4) is 0 Å². The summed E-state index contributed by atoms with van der Waals surface area (Å²) in [6.45, 7) is 4.04. The maximum Gasteiger partial charge on any atom is 0.193 e. The molecule has 0 unspecified atom stereocenters. The molecule has 0 aliphatic carbocycles. The third-order valence-electron chi connectivity index (χ3n) is 3.15. The Morgan fingerprint density at radius 3 is 2.00 bits per heavy atom. The van der Waals surface area contributed by atoms with E-state index in [-0.39, 0.29) is 5.78 Å². The van der Waals surface area contributed by atoms with Crippen LogP contribution in [-0.4, -0.2) is 16.5 Å². The van der Waals surface area contributed by atoms with Gasteiger partial charge in [0.25, 0.3) is 0 Å². The summed E-state index contributed by atoms with van der Waals surface area (Å²) >= 11 is 0. The second-order valence-electron chi connectivity index (χ2n) is 5.56. The molecule has 0 bridgehead atoms. The van der Waals surface area contributed by atoms with Crippen molar-refractivity contribution in [3.05, 3.63) is 71.3 Å². The third kappa shape index (κ3) is 4.52. The smallest absolute Gasteiger partial charge is 0.193 e. The molecule has 0 aromatic heterocycles. The van der Waals surface area contributed by atoms with Crippen LogP contribution in [0.15, 0.2) is 54.6 Å². The highest BCUT2D eigenvalue weighted by Gasteiger charge is 2.24. The number of benzene rings is 2. The number of ketones is 1. The zero-order valence-corrected chi connectivity index (χ0v) is 12.4. The number of Topliss-reactive ketones (excluding diaryl/α,β-unsaturated/α-hetero) is 1. The number of carbonyl (C=O) groups excluding carboxylic acids is 1. The lowest BCUT2D eigenvalue weighted by Crippen LogP contribution is -2.31. The van der Waals surface area contributed by atoms with Crippen molar-refractivity contribution in [3.63, 3.8) is 0 Å². The van der Waals surface area contributed by atoms with Gasteiger partial charge < -0.3 is 9.84 Å². The van der Waals surface area contributed by atoms with Gasteiger partial charge in [-0.2, -0.15) is 0 Å². The first-order valence-electron chi connectivity index (χ1n) is 6.94. The predicted molar refractivity (Wildman–Crippen MR) is 82.0 cm³/mol. The molecule has 0 aliphatic heterocycles. The summed E-state index contributed by atoms with van der Waals surface area (Å²) in [4.78, 5) is 11.9. The van der Waals surface area contributed by atoms with Crippen LogP contribution < -0.4 is 0 Å². The normalized spacial score (nSPS) is 11.4. The molecule has 0 aliphatic rings. The van der Waals surface area contributed by atoms with Gasteiger partial charge in [-0.05, 0) is 25.0 Å². The summed E-state index contributed by atoms with van der Waals surface area (Å²) in [5, 5.41) is 9.70. The molecule has 0 amide bonds. The number of aliphatic hydroxyl groups is 1. The van der Waals surface area contributed by atoms with Gasteiger partial charge in [-0.1, -0.05) is 54.6 Å².